The second-order valence-electron chi connectivity index (χ2n) is 5.05. The number of nitrogens with one attached hydrogen (secondary N) is 2. The van der Waals surface area contributed by atoms with Crippen LogP contribution in [0, 0.1) is 0 Å². The predicted molar refractivity (Wildman–Crippen MR) is 77.3 cm³/mol. The lowest BCUT2D eigenvalue weighted by molar-refractivity contribution is -0.122. The molecule has 1 aliphatic rings. The number of carbonyl (C=O) groups is 2. The summed E-state index contributed by atoms with van der Waals surface area (Å²) in [5.41, 5.74) is 7.17. The molecule has 5 heteroatoms. The lowest BCUT2D eigenvalue weighted by Crippen LogP contribution is -2.45. The van der Waals surface area contributed by atoms with E-state index in [-0.39, 0.29) is 11.8 Å². The van der Waals surface area contributed by atoms with E-state index >= 15 is 0 Å². The third-order valence-electron chi connectivity index (χ3n) is 3.49. The monoisotopic (exact) mass is 275 g/mol. The first-order valence-corrected chi connectivity index (χ1v) is 7.08. The molecule has 1 unspecified atom stereocenters. The van der Waals surface area contributed by atoms with Crippen molar-refractivity contribution in [3.8, 4) is 0 Å². The fourth-order valence-electron chi connectivity index (χ4n) is 2.31. The summed E-state index contributed by atoms with van der Waals surface area (Å²) < 4.78 is 0. The minimum atomic E-state index is -0.422. The standard InChI is InChI=1S/C15H21N3O2/c16-9-8-11-4-6-12(7-5-11)14(19)18-13-3-1-2-10-17-15(13)20/h4-7,13H,1-3,8-10,16H2,(H,17,20)(H,18,19). The molecule has 1 heterocycles. The number of amides is 2. The van der Waals surface area contributed by atoms with Crippen LogP contribution in [-0.4, -0.2) is 30.9 Å². The maximum atomic E-state index is 12.1. The largest absolute Gasteiger partial charge is 0.354 e. The summed E-state index contributed by atoms with van der Waals surface area (Å²) in [5, 5.41) is 5.61. The Hall–Kier alpha value is -1.88. The number of rotatable bonds is 4. The fraction of sp³-hybridized carbons (Fsp3) is 0.467. The molecular weight excluding hydrogens is 254 g/mol. The molecule has 1 aromatic carbocycles. The van der Waals surface area contributed by atoms with Gasteiger partial charge < -0.3 is 16.4 Å². The Kier molecular flexibility index (Phi) is 5.12. The van der Waals surface area contributed by atoms with Gasteiger partial charge in [-0.15, -0.1) is 0 Å². The summed E-state index contributed by atoms with van der Waals surface area (Å²) in [7, 11) is 0. The van der Waals surface area contributed by atoms with E-state index < -0.39 is 6.04 Å². The Bertz CT molecular complexity index is 471. The summed E-state index contributed by atoms with van der Waals surface area (Å²) >= 11 is 0. The van der Waals surface area contributed by atoms with E-state index in [1.165, 1.54) is 0 Å². The number of benzene rings is 1. The van der Waals surface area contributed by atoms with Crippen molar-refractivity contribution in [2.24, 2.45) is 5.73 Å². The average Bonchev–Trinajstić information content (AvgIpc) is 2.65. The van der Waals surface area contributed by atoms with E-state index in [9.17, 15) is 9.59 Å². The molecule has 0 saturated carbocycles. The molecule has 0 radical (unpaired) electrons. The van der Waals surface area contributed by atoms with Crippen molar-refractivity contribution in [1.82, 2.24) is 10.6 Å². The molecule has 1 fully saturated rings. The van der Waals surface area contributed by atoms with Crippen molar-refractivity contribution < 1.29 is 9.59 Å². The lowest BCUT2D eigenvalue weighted by Gasteiger charge is -2.15. The minimum absolute atomic E-state index is 0.0874. The van der Waals surface area contributed by atoms with Crippen molar-refractivity contribution in [3.63, 3.8) is 0 Å². The second-order valence-corrected chi connectivity index (χ2v) is 5.05. The molecule has 0 bridgehead atoms. The Balaban J connectivity index is 1.98. The van der Waals surface area contributed by atoms with Crippen LogP contribution in [0.4, 0.5) is 0 Å². The molecule has 1 aliphatic heterocycles. The number of hydrogen-bond donors (Lipinski definition) is 3. The van der Waals surface area contributed by atoms with E-state index in [0.717, 1.165) is 24.8 Å². The van der Waals surface area contributed by atoms with Gasteiger partial charge in [0, 0.05) is 12.1 Å². The summed E-state index contributed by atoms with van der Waals surface area (Å²) in [6.07, 6.45) is 3.40. The molecule has 20 heavy (non-hydrogen) atoms. The Morgan fingerprint density at radius 1 is 1.30 bits per heavy atom. The van der Waals surface area contributed by atoms with Crippen molar-refractivity contribution in [1.29, 1.82) is 0 Å². The van der Waals surface area contributed by atoms with Gasteiger partial charge in [-0.25, -0.2) is 0 Å². The van der Waals surface area contributed by atoms with Gasteiger partial charge in [0.05, 0.1) is 0 Å². The number of nitrogens with two attached hydrogens (primary N) is 1. The van der Waals surface area contributed by atoms with E-state index in [4.69, 9.17) is 5.73 Å². The maximum absolute atomic E-state index is 12.1. The average molecular weight is 275 g/mol. The number of carbonyl (C=O) groups excluding carboxylic acids is 2. The van der Waals surface area contributed by atoms with E-state index in [0.29, 0.717) is 25.1 Å². The highest BCUT2D eigenvalue weighted by Crippen LogP contribution is 2.08. The third kappa shape index (κ3) is 3.81. The second kappa shape index (κ2) is 7.05. The molecule has 5 nitrogen and oxygen atoms in total. The SMILES string of the molecule is NCCc1ccc(C(=O)NC2CCCCNC2=O)cc1. The highest BCUT2D eigenvalue weighted by atomic mass is 16.2. The van der Waals surface area contributed by atoms with Crippen LogP contribution in [0.1, 0.15) is 35.2 Å². The van der Waals surface area contributed by atoms with Gasteiger partial charge >= 0.3 is 0 Å². The summed E-state index contributed by atoms with van der Waals surface area (Å²) in [6.45, 7) is 1.28. The third-order valence-corrected chi connectivity index (χ3v) is 3.49. The normalized spacial score (nSPS) is 19.1. The lowest BCUT2D eigenvalue weighted by atomic mass is 10.1. The van der Waals surface area contributed by atoms with Crippen LogP contribution < -0.4 is 16.4 Å². The van der Waals surface area contributed by atoms with Crippen LogP contribution in [0.3, 0.4) is 0 Å². The molecule has 1 saturated heterocycles. The first kappa shape index (κ1) is 14.5. The van der Waals surface area contributed by atoms with Crippen LogP contribution in [0.25, 0.3) is 0 Å². The van der Waals surface area contributed by atoms with Crippen LogP contribution in [-0.2, 0) is 11.2 Å². The van der Waals surface area contributed by atoms with Crippen LogP contribution in [0.15, 0.2) is 24.3 Å². The minimum Gasteiger partial charge on any atom is -0.354 e. The van der Waals surface area contributed by atoms with Gasteiger partial charge in [0.2, 0.25) is 5.91 Å². The van der Waals surface area contributed by atoms with Gasteiger partial charge in [0.15, 0.2) is 0 Å². The summed E-state index contributed by atoms with van der Waals surface area (Å²) in [6, 6.07) is 6.92. The van der Waals surface area contributed by atoms with Gasteiger partial charge in [0.1, 0.15) is 6.04 Å². The van der Waals surface area contributed by atoms with Crippen molar-refractivity contribution >= 4 is 11.8 Å². The maximum Gasteiger partial charge on any atom is 0.251 e. The van der Waals surface area contributed by atoms with E-state index in [2.05, 4.69) is 10.6 Å². The van der Waals surface area contributed by atoms with Crippen molar-refractivity contribution in [2.75, 3.05) is 13.1 Å². The topological polar surface area (TPSA) is 84.2 Å². The molecule has 0 aliphatic carbocycles. The van der Waals surface area contributed by atoms with Crippen LogP contribution >= 0.6 is 0 Å². The van der Waals surface area contributed by atoms with Crippen LogP contribution in [0.2, 0.25) is 0 Å². The predicted octanol–water partition coefficient (Wildman–Crippen LogP) is 0.586. The molecule has 0 aromatic heterocycles. The van der Waals surface area contributed by atoms with E-state index in [1.54, 1.807) is 12.1 Å². The zero-order valence-electron chi connectivity index (χ0n) is 11.5. The summed E-state index contributed by atoms with van der Waals surface area (Å²) in [5.74, 6) is -0.290. The number of hydrogen-bond acceptors (Lipinski definition) is 3. The van der Waals surface area contributed by atoms with Crippen molar-refractivity contribution in [3.05, 3.63) is 35.4 Å². The zero-order chi connectivity index (χ0) is 14.4. The molecule has 1 atom stereocenters. The zero-order valence-corrected chi connectivity index (χ0v) is 11.5. The van der Waals surface area contributed by atoms with Crippen LogP contribution in [0.5, 0.6) is 0 Å². The Labute approximate surface area is 118 Å². The van der Waals surface area contributed by atoms with Gasteiger partial charge in [-0.3, -0.25) is 9.59 Å². The molecule has 2 rings (SSSR count). The fourth-order valence-corrected chi connectivity index (χ4v) is 2.31. The van der Waals surface area contributed by atoms with Gasteiger partial charge in [0.25, 0.3) is 5.91 Å². The highest BCUT2D eigenvalue weighted by Gasteiger charge is 2.22. The quantitative estimate of drug-likeness (QED) is 0.752. The van der Waals surface area contributed by atoms with Crippen molar-refractivity contribution in [2.45, 2.75) is 31.7 Å². The van der Waals surface area contributed by atoms with Gasteiger partial charge in [-0.2, -0.15) is 0 Å². The Morgan fingerprint density at radius 3 is 2.75 bits per heavy atom. The molecule has 1 aromatic rings. The van der Waals surface area contributed by atoms with Gasteiger partial charge in [-0.1, -0.05) is 12.1 Å². The molecule has 0 spiro atoms. The Morgan fingerprint density at radius 2 is 2.05 bits per heavy atom. The molecule has 2 amide bonds. The van der Waals surface area contributed by atoms with E-state index in [1.807, 2.05) is 12.1 Å². The molecular formula is C15H21N3O2. The molecule has 108 valence electrons. The summed E-state index contributed by atoms with van der Waals surface area (Å²) in [4.78, 5) is 23.9. The molecule has 4 N–H and O–H groups in total. The first-order chi connectivity index (χ1) is 9.70. The smallest absolute Gasteiger partial charge is 0.251 e. The highest BCUT2D eigenvalue weighted by molar-refractivity contribution is 5.97. The first-order valence-electron chi connectivity index (χ1n) is 7.08. The van der Waals surface area contributed by atoms with Gasteiger partial charge in [-0.05, 0) is 49.9 Å².